The SMILES string of the molecule is CCCCOc1ccc(C(=O)OCC(=O)Nc2ccccc2C(F)(F)F)cc1OC. The molecule has 0 unspecified atom stereocenters. The van der Waals surface area contributed by atoms with Crippen LogP contribution in [0.1, 0.15) is 35.7 Å². The fourth-order valence-corrected chi connectivity index (χ4v) is 2.48. The number of para-hydroxylation sites is 1. The van der Waals surface area contributed by atoms with Crippen LogP contribution in [0.2, 0.25) is 0 Å². The van der Waals surface area contributed by atoms with Gasteiger partial charge in [-0.05, 0) is 36.8 Å². The first-order chi connectivity index (χ1) is 14.3. The lowest BCUT2D eigenvalue weighted by Gasteiger charge is -2.14. The molecule has 0 spiro atoms. The number of hydrogen-bond donors (Lipinski definition) is 1. The minimum absolute atomic E-state index is 0.109. The normalized spacial score (nSPS) is 11.0. The average Bonchev–Trinajstić information content (AvgIpc) is 2.72. The van der Waals surface area contributed by atoms with Crippen molar-refractivity contribution >= 4 is 17.6 Å². The van der Waals surface area contributed by atoms with Crippen LogP contribution in [0, 0.1) is 0 Å². The summed E-state index contributed by atoms with van der Waals surface area (Å²) < 4.78 is 54.6. The van der Waals surface area contributed by atoms with Gasteiger partial charge in [0.05, 0.1) is 30.5 Å². The van der Waals surface area contributed by atoms with E-state index in [4.69, 9.17) is 14.2 Å². The highest BCUT2D eigenvalue weighted by Crippen LogP contribution is 2.34. The van der Waals surface area contributed by atoms with Crippen LogP contribution in [0.3, 0.4) is 0 Å². The Labute approximate surface area is 171 Å². The molecule has 0 aliphatic heterocycles. The second-order valence-corrected chi connectivity index (χ2v) is 6.24. The van der Waals surface area contributed by atoms with Crippen molar-refractivity contribution in [2.24, 2.45) is 0 Å². The molecule has 2 aromatic rings. The van der Waals surface area contributed by atoms with Gasteiger partial charge >= 0.3 is 12.1 Å². The van der Waals surface area contributed by atoms with Crippen LogP contribution in [0.4, 0.5) is 18.9 Å². The number of alkyl halides is 3. The van der Waals surface area contributed by atoms with E-state index in [-0.39, 0.29) is 5.56 Å². The molecule has 9 heteroatoms. The number of nitrogens with one attached hydrogen (secondary N) is 1. The highest BCUT2D eigenvalue weighted by atomic mass is 19.4. The molecule has 162 valence electrons. The second-order valence-electron chi connectivity index (χ2n) is 6.24. The molecule has 0 aromatic heterocycles. The third kappa shape index (κ3) is 6.40. The lowest BCUT2D eigenvalue weighted by atomic mass is 10.1. The van der Waals surface area contributed by atoms with Crippen molar-refractivity contribution in [1.82, 2.24) is 0 Å². The van der Waals surface area contributed by atoms with Crippen LogP contribution < -0.4 is 14.8 Å². The molecule has 0 bridgehead atoms. The van der Waals surface area contributed by atoms with E-state index < -0.39 is 35.9 Å². The number of ether oxygens (including phenoxy) is 3. The molecule has 0 saturated heterocycles. The van der Waals surface area contributed by atoms with Gasteiger partial charge in [0.15, 0.2) is 18.1 Å². The molecule has 1 N–H and O–H groups in total. The van der Waals surface area contributed by atoms with Gasteiger partial charge in [-0.25, -0.2) is 4.79 Å². The zero-order valence-corrected chi connectivity index (χ0v) is 16.5. The Morgan fingerprint density at radius 1 is 1.07 bits per heavy atom. The number of anilines is 1. The zero-order valence-electron chi connectivity index (χ0n) is 16.5. The van der Waals surface area contributed by atoms with Crippen LogP contribution in [0.15, 0.2) is 42.5 Å². The van der Waals surface area contributed by atoms with Gasteiger partial charge < -0.3 is 19.5 Å². The summed E-state index contributed by atoms with van der Waals surface area (Å²) in [4.78, 5) is 24.1. The molecule has 0 atom stereocenters. The summed E-state index contributed by atoms with van der Waals surface area (Å²) in [6, 6.07) is 8.92. The van der Waals surface area contributed by atoms with E-state index in [2.05, 4.69) is 5.32 Å². The molecule has 0 aliphatic rings. The largest absolute Gasteiger partial charge is 0.493 e. The van der Waals surface area contributed by atoms with Gasteiger partial charge in [-0.2, -0.15) is 13.2 Å². The summed E-state index contributed by atoms with van der Waals surface area (Å²) in [5.41, 5.74) is -1.30. The van der Waals surface area contributed by atoms with Gasteiger partial charge in [0.25, 0.3) is 5.91 Å². The second kappa shape index (κ2) is 10.5. The molecule has 2 aromatic carbocycles. The molecule has 6 nitrogen and oxygen atoms in total. The Balaban J connectivity index is 1.98. The number of halogens is 3. The van der Waals surface area contributed by atoms with Crippen LogP contribution in [-0.2, 0) is 15.7 Å². The molecule has 0 radical (unpaired) electrons. The van der Waals surface area contributed by atoms with Gasteiger partial charge in [-0.3, -0.25) is 4.79 Å². The van der Waals surface area contributed by atoms with E-state index >= 15 is 0 Å². The van der Waals surface area contributed by atoms with Gasteiger partial charge in [-0.1, -0.05) is 25.5 Å². The number of benzene rings is 2. The highest BCUT2D eigenvalue weighted by Gasteiger charge is 2.33. The molecule has 2 rings (SSSR count). The number of amides is 1. The topological polar surface area (TPSA) is 73.9 Å². The minimum atomic E-state index is -4.63. The summed E-state index contributed by atoms with van der Waals surface area (Å²) in [5.74, 6) is -0.938. The number of esters is 1. The maximum atomic E-state index is 13.0. The first kappa shape index (κ1) is 23.1. The Hall–Kier alpha value is -3.23. The number of unbranched alkanes of at least 4 members (excludes halogenated alkanes) is 1. The Morgan fingerprint density at radius 2 is 1.80 bits per heavy atom. The molecule has 1 amide bonds. The third-order valence-electron chi connectivity index (χ3n) is 4.00. The summed E-state index contributed by atoms with van der Waals surface area (Å²) >= 11 is 0. The fourth-order valence-electron chi connectivity index (χ4n) is 2.48. The zero-order chi connectivity index (χ0) is 22.1. The van der Waals surface area contributed by atoms with E-state index in [0.29, 0.717) is 18.1 Å². The predicted octanol–water partition coefficient (Wildman–Crippen LogP) is 4.69. The number of carbonyl (C=O) groups excluding carboxylic acids is 2. The standard InChI is InChI=1S/C21H22F3NO5/c1-3-4-11-29-17-10-9-14(12-18(17)28-2)20(27)30-13-19(26)25-16-8-6-5-7-15(16)21(22,23)24/h5-10,12H,3-4,11,13H2,1-2H3,(H,25,26). The van der Waals surface area contributed by atoms with Crippen molar-refractivity contribution in [2.75, 3.05) is 25.6 Å². The van der Waals surface area contributed by atoms with Crippen LogP contribution >= 0.6 is 0 Å². The lowest BCUT2D eigenvalue weighted by molar-refractivity contribution is -0.137. The monoisotopic (exact) mass is 425 g/mol. The smallest absolute Gasteiger partial charge is 0.418 e. The van der Waals surface area contributed by atoms with E-state index in [0.717, 1.165) is 25.0 Å². The van der Waals surface area contributed by atoms with Gasteiger partial charge in [0.2, 0.25) is 0 Å². The van der Waals surface area contributed by atoms with E-state index in [9.17, 15) is 22.8 Å². The van der Waals surface area contributed by atoms with E-state index in [1.54, 1.807) is 6.07 Å². The van der Waals surface area contributed by atoms with Crippen LogP contribution in [-0.4, -0.2) is 32.2 Å². The van der Waals surface area contributed by atoms with E-state index in [1.807, 2.05) is 6.92 Å². The number of rotatable bonds is 9. The number of methoxy groups -OCH3 is 1. The van der Waals surface area contributed by atoms with Crippen molar-refractivity contribution in [3.8, 4) is 11.5 Å². The Bertz CT molecular complexity index is 883. The first-order valence-electron chi connectivity index (χ1n) is 9.20. The predicted molar refractivity (Wildman–Crippen MR) is 104 cm³/mol. The first-order valence-corrected chi connectivity index (χ1v) is 9.20. The van der Waals surface area contributed by atoms with Crippen molar-refractivity contribution in [2.45, 2.75) is 25.9 Å². The lowest BCUT2D eigenvalue weighted by Crippen LogP contribution is -2.22. The molecule has 0 fully saturated rings. The summed E-state index contributed by atoms with van der Waals surface area (Å²) in [7, 11) is 1.42. The summed E-state index contributed by atoms with van der Waals surface area (Å²) in [6.07, 6.45) is -2.81. The summed E-state index contributed by atoms with van der Waals surface area (Å²) in [6.45, 7) is 1.77. The third-order valence-corrected chi connectivity index (χ3v) is 4.00. The van der Waals surface area contributed by atoms with Crippen LogP contribution in [0.25, 0.3) is 0 Å². The summed E-state index contributed by atoms with van der Waals surface area (Å²) in [5, 5.41) is 2.10. The fraction of sp³-hybridized carbons (Fsp3) is 0.333. The Morgan fingerprint density at radius 3 is 2.47 bits per heavy atom. The van der Waals surface area contributed by atoms with Crippen molar-refractivity contribution in [3.05, 3.63) is 53.6 Å². The molecule has 30 heavy (non-hydrogen) atoms. The quantitative estimate of drug-likeness (QED) is 0.466. The number of hydrogen-bond acceptors (Lipinski definition) is 5. The van der Waals surface area contributed by atoms with Crippen molar-refractivity contribution in [1.29, 1.82) is 0 Å². The van der Waals surface area contributed by atoms with Crippen molar-refractivity contribution < 1.29 is 37.0 Å². The van der Waals surface area contributed by atoms with Crippen molar-refractivity contribution in [3.63, 3.8) is 0 Å². The van der Waals surface area contributed by atoms with Gasteiger partial charge in [0.1, 0.15) is 0 Å². The van der Waals surface area contributed by atoms with Gasteiger partial charge in [-0.15, -0.1) is 0 Å². The Kier molecular flexibility index (Phi) is 8.08. The molecule has 0 heterocycles. The average molecular weight is 425 g/mol. The molecule has 0 aliphatic carbocycles. The van der Waals surface area contributed by atoms with E-state index in [1.165, 1.54) is 31.4 Å². The van der Waals surface area contributed by atoms with Gasteiger partial charge in [0, 0.05) is 0 Å². The minimum Gasteiger partial charge on any atom is -0.493 e. The molecular formula is C21H22F3NO5. The highest BCUT2D eigenvalue weighted by molar-refractivity contribution is 5.96. The molecular weight excluding hydrogens is 403 g/mol. The maximum absolute atomic E-state index is 13.0. The number of carbonyl (C=O) groups is 2. The maximum Gasteiger partial charge on any atom is 0.418 e. The van der Waals surface area contributed by atoms with Crippen LogP contribution in [0.5, 0.6) is 11.5 Å². The molecule has 0 saturated carbocycles.